The maximum atomic E-state index is 12.1. The molecule has 1 aromatic heterocycles. The fourth-order valence-electron chi connectivity index (χ4n) is 2.49. The molecule has 1 saturated heterocycles. The molecule has 21 heavy (non-hydrogen) atoms. The summed E-state index contributed by atoms with van der Waals surface area (Å²) in [4.78, 5) is 29.0. The highest BCUT2D eigenvalue weighted by atomic mass is 16.5. The second kappa shape index (κ2) is 7.19. The third-order valence-corrected chi connectivity index (χ3v) is 3.66. The first-order valence-electron chi connectivity index (χ1n) is 7.42. The molecule has 1 amide bonds. The van der Waals surface area contributed by atoms with Crippen LogP contribution in [0.3, 0.4) is 0 Å². The molecule has 0 unspecified atom stereocenters. The second-order valence-electron chi connectivity index (χ2n) is 5.37. The largest absolute Gasteiger partial charge is 0.481 e. The summed E-state index contributed by atoms with van der Waals surface area (Å²) in [5.74, 6) is -0.172. The smallest absolute Gasteiger partial charge is 0.308 e. The second-order valence-corrected chi connectivity index (χ2v) is 5.37. The minimum atomic E-state index is -0.825. The molecule has 1 aliphatic rings. The molecule has 0 radical (unpaired) electrons. The van der Waals surface area contributed by atoms with E-state index in [9.17, 15) is 9.59 Å². The van der Waals surface area contributed by atoms with Gasteiger partial charge < -0.3 is 14.5 Å². The van der Waals surface area contributed by atoms with E-state index in [2.05, 4.69) is 10.1 Å². The third kappa shape index (κ3) is 4.27. The minimum absolute atomic E-state index is 0.0452. The first-order valence-corrected chi connectivity index (χ1v) is 7.42. The molecule has 2 rings (SSSR count). The molecular weight excluding hydrogens is 274 g/mol. The van der Waals surface area contributed by atoms with Crippen LogP contribution in [0.4, 0.5) is 0 Å². The molecule has 1 atom stereocenters. The van der Waals surface area contributed by atoms with Crippen LogP contribution in [-0.2, 0) is 22.4 Å². The number of likely N-dealkylation sites (tertiary alicyclic amines) is 1. The summed E-state index contributed by atoms with van der Waals surface area (Å²) in [6.07, 6.45) is 3.78. The van der Waals surface area contributed by atoms with Gasteiger partial charge in [0.25, 0.3) is 0 Å². The first-order chi connectivity index (χ1) is 10.1. The lowest BCUT2D eigenvalue weighted by atomic mass is 9.98. The predicted molar refractivity (Wildman–Crippen MR) is 73.6 cm³/mol. The van der Waals surface area contributed by atoms with Crippen molar-refractivity contribution in [2.24, 2.45) is 5.92 Å². The van der Waals surface area contributed by atoms with Crippen LogP contribution in [0.5, 0.6) is 0 Å². The molecule has 0 bridgehead atoms. The molecule has 116 valence electrons. The number of hydrogen-bond acceptors (Lipinski definition) is 5. The van der Waals surface area contributed by atoms with Crippen LogP contribution in [0.25, 0.3) is 0 Å². The van der Waals surface area contributed by atoms with Gasteiger partial charge in [0.05, 0.1) is 5.92 Å². The average molecular weight is 295 g/mol. The van der Waals surface area contributed by atoms with Gasteiger partial charge in [0, 0.05) is 32.4 Å². The van der Waals surface area contributed by atoms with Gasteiger partial charge in [-0.25, -0.2) is 0 Å². The summed E-state index contributed by atoms with van der Waals surface area (Å²) in [5.41, 5.74) is 0. The lowest BCUT2D eigenvalue weighted by Gasteiger charge is -2.30. The van der Waals surface area contributed by atoms with Crippen LogP contribution in [0.1, 0.15) is 44.3 Å². The normalized spacial score (nSPS) is 18.7. The van der Waals surface area contributed by atoms with Crippen molar-refractivity contribution in [1.29, 1.82) is 0 Å². The zero-order valence-electron chi connectivity index (χ0n) is 12.2. The fraction of sp³-hybridized carbons (Fsp3) is 0.714. The number of carbonyl (C=O) groups is 2. The summed E-state index contributed by atoms with van der Waals surface area (Å²) < 4.78 is 5.09. The van der Waals surface area contributed by atoms with Crippen molar-refractivity contribution >= 4 is 11.9 Å². The van der Waals surface area contributed by atoms with Crippen molar-refractivity contribution in [3.05, 3.63) is 11.7 Å². The van der Waals surface area contributed by atoms with Crippen molar-refractivity contribution in [2.75, 3.05) is 13.1 Å². The Morgan fingerprint density at radius 1 is 1.43 bits per heavy atom. The van der Waals surface area contributed by atoms with Gasteiger partial charge in [-0.15, -0.1) is 0 Å². The predicted octanol–water partition coefficient (Wildman–Crippen LogP) is 1.28. The molecule has 0 spiro atoms. The lowest BCUT2D eigenvalue weighted by Crippen LogP contribution is -2.42. The Hall–Kier alpha value is -1.92. The molecule has 2 heterocycles. The SMILES string of the molecule is CCCc1noc(CCC(=O)N2CCC[C@@H](C(=O)O)C2)n1. The zero-order valence-corrected chi connectivity index (χ0v) is 12.2. The Bertz CT molecular complexity index is 500. The van der Waals surface area contributed by atoms with Crippen LogP contribution >= 0.6 is 0 Å². The van der Waals surface area contributed by atoms with Crippen LogP contribution in [0, 0.1) is 5.92 Å². The highest BCUT2D eigenvalue weighted by molar-refractivity contribution is 5.78. The highest BCUT2D eigenvalue weighted by Gasteiger charge is 2.28. The van der Waals surface area contributed by atoms with Crippen molar-refractivity contribution in [2.45, 2.75) is 45.4 Å². The Kier molecular flexibility index (Phi) is 5.30. The van der Waals surface area contributed by atoms with Gasteiger partial charge in [-0.05, 0) is 19.3 Å². The average Bonchev–Trinajstić information content (AvgIpc) is 2.93. The Morgan fingerprint density at radius 2 is 2.24 bits per heavy atom. The van der Waals surface area contributed by atoms with Gasteiger partial charge in [-0.2, -0.15) is 4.98 Å². The van der Waals surface area contributed by atoms with Crippen molar-refractivity contribution in [3.8, 4) is 0 Å². The fourth-order valence-corrected chi connectivity index (χ4v) is 2.49. The number of aryl methyl sites for hydroxylation is 2. The van der Waals surface area contributed by atoms with Gasteiger partial charge in [-0.3, -0.25) is 9.59 Å². The molecule has 0 saturated carbocycles. The van der Waals surface area contributed by atoms with Crippen LogP contribution < -0.4 is 0 Å². The molecule has 7 nitrogen and oxygen atoms in total. The molecule has 1 N–H and O–H groups in total. The number of carboxylic acid groups (broad SMARTS) is 1. The molecular formula is C14H21N3O4. The van der Waals surface area contributed by atoms with Crippen molar-refractivity contribution < 1.29 is 19.2 Å². The number of carbonyl (C=O) groups excluding carboxylic acids is 1. The molecule has 1 aromatic rings. The van der Waals surface area contributed by atoms with Gasteiger partial charge in [0.2, 0.25) is 11.8 Å². The molecule has 0 aliphatic carbocycles. The number of amides is 1. The first kappa shape index (κ1) is 15.5. The maximum absolute atomic E-state index is 12.1. The zero-order chi connectivity index (χ0) is 15.2. The number of nitrogens with zero attached hydrogens (tertiary/aromatic N) is 3. The van der Waals surface area contributed by atoms with E-state index in [0.29, 0.717) is 37.6 Å². The monoisotopic (exact) mass is 295 g/mol. The van der Waals surface area contributed by atoms with E-state index >= 15 is 0 Å². The maximum Gasteiger partial charge on any atom is 0.308 e. The van der Waals surface area contributed by atoms with E-state index in [1.165, 1.54) is 0 Å². The molecule has 1 fully saturated rings. The summed E-state index contributed by atoms with van der Waals surface area (Å²) in [5, 5.41) is 12.9. The van der Waals surface area contributed by atoms with E-state index in [0.717, 1.165) is 19.3 Å². The van der Waals surface area contributed by atoms with Crippen LogP contribution in [-0.4, -0.2) is 45.1 Å². The van der Waals surface area contributed by atoms with Crippen LogP contribution in [0.15, 0.2) is 4.52 Å². The summed E-state index contributed by atoms with van der Waals surface area (Å²) >= 11 is 0. The van der Waals surface area contributed by atoms with Crippen LogP contribution in [0.2, 0.25) is 0 Å². The van der Waals surface area contributed by atoms with Crippen molar-refractivity contribution in [3.63, 3.8) is 0 Å². The quantitative estimate of drug-likeness (QED) is 0.849. The van der Waals surface area contributed by atoms with E-state index in [-0.39, 0.29) is 12.3 Å². The molecule has 1 aliphatic heterocycles. The van der Waals surface area contributed by atoms with Gasteiger partial charge in [0.1, 0.15) is 0 Å². The van der Waals surface area contributed by atoms with E-state index < -0.39 is 11.9 Å². The minimum Gasteiger partial charge on any atom is -0.481 e. The topological polar surface area (TPSA) is 96.5 Å². The number of rotatable bonds is 6. The molecule has 7 heteroatoms. The number of aromatic nitrogens is 2. The van der Waals surface area contributed by atoms with Crippen molar-refractivity contribution in [1.82, 2.24) is 15.0 Å². The molecule has 0 aromatic carbocycles. The lowest BCUT2D eigenvalue weighted by molar-refractivity contribution is -0.145. The standard InChI is InChI=1S/C14H21N3O4/c1-2-4-11-15-12(21-16-11)6-7-13(18)17-8-3-5-10(9-17)14(19)20/h10H,2-9H2,1H3,(H,19,20)/t10-/m1/s1. The summed E-state index contributed by atoms with van der Waals surface area (Å²) in [6, 6.07) is 0. The van der Waals surface area contributed by atoms with E-state index in [1.54, 1.807) is 4.90 Å². The van der Waals surface area contributed by atoms with Gasteiger partial charge in [-0.1, -0.05) is 12.1 Å². The van der Waals surface area contributed by atoms with Gasteiger partial charge in [0.15, 0.2) is 5.82 Å². The number of hydrogen-bond donors (Lipinski definition) is 1. The Balaban J connectivity index is 1.82. The Labute approximate surface area is 123 Å². The summed E-state index contributed by atoms with van der Waals surface area (Å²) in [6.45, 7) is 2.97. The number of aliphatic carboxylic acids is 1. The number of carboxylic acids is 1. The third-order valence-electron chi connectivity index (χ3n) is 3.66. The van der Waals surface area contributed by atoms with Gasteiger partial charge >= 0.3 is 5.97 Å². The summed E-state index contributed by atoms with van der Waals surface area (Å²) in [7, 11) is 0. The number of piperidine rings is 1. The highest BCUT2D eigenvalue weighted by Crippen LogP contribution is 2.17. The van der Waals surface area contributed by atoms with E-state index in [4.69, 9.17) is 9.63 Å². The Morgan fingerprint density at radius 3 is 2.95 bits per heavy atom. The van der Waals surface area contributed by atoms with E-state index in [1.807, 2.05) is 6.92 Å².